The molecular weight excluding hydrogens is 236 g/mol. The Morgan fingerprint density at radius 2 is 1.79 bits per heavy atom. The topological polar surface area (TPSA) is 34.1 Å². The van der Waals surface area contributed by atoms with Crippen LogP contribution in [-0.4, -0.2) is 11.6 Å². The third kappa shape index (κ3) is 1.82. The van der Waals surface area contributed by atoms with Crippen LogP contribution in [0.5, 0.6) is 0 Å². The van der Waals surface area contributed by atoms with E-state index < -0.39 is 0 Å². The molecular formula is C17H26O2. The Labute approximate surface area is 116 Å². The molecule has 0 aliphatic heterocycles. The summed E-state index contributed by atoms with van der Waals surface area (Å²) in [5.74, 6) is 1.98. The van der Waals surface area contributed by atoms with Crippen LogP contribution < -0.4 is 0 Å². The first-order valence-electron chi connectivity index (χ1n) is 7.93. The molecule has 0 aromatic rings. The Balaban J connectivity index is 2.01. The summed E-state index contributed by atoms with van der Waals surface area (Å²) in [4.78, 5) is 25.0. The first-order chi connectivity index (χ1) is 8.87. The van der Waals surface area contributed by atoms with Gasteiger partial charge in [0.05, 0.1) is 0 Å². The van der Waals surface area contributed by atoms with Crippen molar-refractivity contribution in [2.24, 2.45) is 28.6 Å². The zero-order chi connectivity index (χ0) is 13.8. The lowest BCUT2D eigenvalue weighted by atomic mass is 9.52. The van der Waals surface area contributed by atoms with Crippen LogP contribution in [-0.2, 0) is 9.59 Å². The van der Waals surface area contributed by atoms with Gasteiger partial charge >= 0.3 is 0 Å². The third-order valence-corrected chi connectivity index (χ3v) is 6.60. The minimum Gasteiger partial charge on any atom is -0.299 e. The lowest BCUT2D eigenvalue weighted by molar-refractivity contribution is -0.149. The van der Waals surface area contributed by atoms with Crippen LogP contribution in [0.2, 0.25) is 0 Å². The number of fused-ring (bicyclic) bond motifs is 3. The van der Waals surface area contributed by atoms with Gasteiger partial charge in [-0.1, -0.05) is 33.6 Å². The van der Waals surface area contributed by atoms with E-state index in [-0.39, 0.29) is 16.7 Å². The molecule has 0 unspecified atom stereocenters. The van der Waals surface area contributed by atoms with E-state index in [1.165, 1.54) is 12.8 Å². The van der Waals surface area contributed by atoms with Crippen LogP contribution in [0.25, 0.3) is 0 Å². The molecule has 0 N–H and O–H groups in total. The number of hydrogen-bond acceptors (Lipinski definition) is 2. The monoisotopic (exact) mass is 262 g/mol. The van der Waals surface area contributed by atoms with E-state index in [0.717, 1.165) is 25.2 Å². The highest BCUT2D eigenvalue weighted by Gasteiger charge is 2.61. The second kappa shape index (κ2) is 4.17. The van der Waals surface area contributed by atoms with Crippen molar-refractivity contribution in [1.29, 1.82) is 0 Å². The van der Waals surface area contributed by atoms with Gasteiger partial charge in [0.25, 0.3) is 0 Å². The summed E-state index contributed by atoms with van der Waals surface area (Å²) in [5, 5.41) is 0. The molecule has 19 heavy (non-hydrogen) atoms. The van der Waals surface area contributed by atoms with Crippen molar-refractivity contribution in [2.45, 2.75) is 65.7 Å². The summed E-state index contributed by atoms with van der Waals surface area (Å²) in [6.45, 7) is 6.66. The number of ketones is 2. The predicted molar refractivity (Wildman–Crippen MR) is 74.7 cm³/mol. The van der Waals surface area contributed by atoms with Gasteiger partial charge in [0.1, 0.15) is 11.6 Å². The second-order valence-corrected chi connectivity index (χ2v) is 7.94. The van der Waals surface area contributed by atoms with Gasteiger partial charge < -0.3 is 0 Å². The molecule has 0 aromatic carbocycles. The average Bonchev–Trinajstić information content (AvgIpc) is 2.57. The average molecular weight is 262 g/mol. The number of carbonyl (C=O) groups is 2. The summed E-state index contributed by atoms with van der Waals surface area (Å²) in [7, 11) is 0. The van der Waals surface area contributed by atoms with Gasteiger partial charge in [-0.15, -0.1) is 0 Å². The normalized spacial score (nSPS) is 50.6. The van der Waals surface area contributed by atoms with E-state index in [1.807, 2.05) is 0 Å². The van der Waals surface area contributed by atoms with E-state index >= 15 is 0 Å². The van der Waals surface area contributed by atoms with Gasteiger partial charge in [0.2, 0.25) is 0 Å². The molecule has 2 heteroatoms. The molecule has 0 heterocycles. The SMILES string of the molecule is C[C@@H]1CC[C@@H]2[C@H]3C(=O)CC[C@@]3(C)C(=O)C[C@@]2(C)CC1. The van der Waals surface area contributed by atoms with Gasteiger partial charge in [-0.3, -0.25) is 9.59 Å². The molecule has 2 nitrogen and oxygen atoms in total. The Morgan fingerprint density at radius 1 is 1.05 bits per heavy atom. The van der Waals surface area contributed by atoms with E-state index in [2.05, 4.69) is 20.8 Å². The summed E-state index contributed by atoms with van der Waals surface area (Å²) in [5.41, 5.74) is -0.235. The van der Waals surface area contributed by atoms with E-state index in [0.29, 0.717) is 30.3 Å². The maximum Gasteiger partial charge on any atom is 0.140 e. The van der Waals surface area contributed by atoms with Crippen molar-refractivity contribution in [3.63, 3.8) is 0 Å². The van der Waals surface area contributed by atoms with Gasteiger partial charge in [-0.05, 0) is 36.5 Å². The predicted octanol–water partition coefficient (Wildman–Crippen LogP) is 3.78. The van der Waals surface area contributed by atoms with E-state index in [4.69, 9.17) is 0 Å². The molecule has 0 saturated heterocycles. The number of rotatable bonds is 0. The van der Waals surface area contributed by atoms with Gasteiger partial charge in [-0.25, -0.2) is 0 Å². The van der Waals surface area contributed by atoms with E-state index in [9.17, 15) is 9.59 Å². The fourth-order valence-corrected chi connectivity index (χ4v) is 5.11. The molecule has 0 radical (unpaired) electrons. The molecule has 3 saturated carbocycles. The van der Waals surface area contributed by atoms with Crippen LogP contribution in [0.3, 0.4) is 0 Å². The van der Waals surface area contributed by atoms with Crippen LogP contribution in [0.1, 0.15) is 65.7 Å². The molecule has 0 spiro atoms. The summed E-state index contributed by atoms with van der Waals surface area (Å²) in [6.07, 6.45) is 6.88. The van der Waals surface area contributed by atoms with Gasteiger partial charge in [-0.2, -0.15) is 0 Å². The van der Waals surface area contributed by atoms with Crippen molar-refractivity contribution in [3.8, 4) is 0 Å². The minimum atomic E-state index is -0.325. The Kier molecular flexibility index (Phi) is 2.92. The third-order valence-electron chi connectivity index (χ3n) is 6.60. The lowest BCUT2D eigenvalue weighted by Crippen LogP contribution is -2.51. The summed E-state index contributed by atoms with van der Waals surface area (Å²) in [6, 6.07) is 0. The van der Waals surface area contributed by atoms with E-state index in [1.54, 1.807) is 0 Å². The Bertz CT molecular complexity index is 427. The molecule has 3 fully saturated rings. The largest absolute Gasteiger partial charge is 0.299 e. The molecule has 3 aliphatic rings. The first-order valence-corrected chi connectivity index (χ1v) is 7.93. The number of hydrogen-bond donors (Lipinski definition) is 0. The summed E-state index contributed by atoms with van der Waals surface area (Å²) < 4.78 is 0. The molecule has 106 valence electrons. The molecule has 3 rings (SSSR count). The van der Waals surface area contributed by atoms with Crippen LogP contribution in [0, 0.1) is 28.6 Å². The molecule has 5 atom stereocenters. The minimum absolute atomic E-state index is 0.0315. The fraction of sp³-hybridized carbons (Fsp3) is 0.882. The van der Waals surface area contributed by atoms with Crippen LogP contribution in [0.15, 0.2) is 0 Å². The second-order valence-electron chi connectivity index (χ2n) is 7.94. The van der Waals surface area contributed by atoms with Crippen LogP contribution in [0.4, 0.5) is 0 Å². The smallest absolute Gasteiger partial charge is 0.140 e. The lowest BCUT2D eigenvalue weighted by Gasteiger charge is -2.50. The van der Waals surface area contributed by atoms with Crippen LogP contribution >= 0.6 is 0 Å². The Morgan fingerprint density at radius 3 is 2.53 bits per heavy atom. The molecule has 3 aliphatic carbocycles. The van der Waals surface area contributed by atoms with Crippen molar-refractivity contribution < 1.29 is 9.59 Å². The zero-order valence-electron chi connectivity index (χ0n) is 12.5. The van der Waals surface area contributed by atoms with Gasteiger partial charge in [0.15, 0.2) is 0 Å². The maximum absolute atomic E-state index is 12.6. The van der Waals surface area contributed by atoms with Crippen molar-refractivity contribution in [3.05, 3.63) is 0 Å². The number of Topliss-reactive ketones (excluding diaryl/α,β-unsaturated/α-hetero) is 2. The highest BCUT2D eigenvalue weighted by Crippen LogP contribution is 2.60. The highest BCUT2D eigenvalue weighted by molar-refractivity contribution is 5.97. The first kappa shape index (κ1) is 13.3. The zero-order valence-corrected chi connectivity index (χ0v) is 12.5. The van der Waals surface area contributed by atoms with Crippen molar-refractivity contribution in [1.82, 2.24) is 0 Å². The summed E-state index contributed by atoms with van der Waals surface area (Å²) >= 11 is 0. The molecule has 0 amide bonds. The maximum atomic E-state index is 12.6. The Hall–Kier alpha value is -0.660. The quantitative estimate of drug-likeness (QED) is 0.666. The molecule has 0 aromatic heterocycles. The van der Waals surface area contributed by atoms with Gasteiger partial charge in [0, 0.05) is 24.2 Å². The van der Waals surface area contributed by atoms with Crippen molar-refractivity contribution >= 4 is 11.6 Å². The fourth-order valence-electron chi connectivity index (χ4n) is 5.11. The highest BCUT2D eigenvalue weighted by atomic mass is 16.1. The number of carbonyl (C=O) groups excluding carboxylic acids is 2. The molecule has 0 bridgehead atoms. The standard InChI is InChI=1S/C17H26O2/c1-11-4-5-12-15-13(18)7-9-17(15,3)14(19)10-16(12,2)8-6-11/h11-12,15H,4-10H2,1-3H3/t11-,12-,15+,16-,17+/m1/s1. The van der Waals surface area contributed by atoms with Crippen molar-refractivity contribution in [2.75, 3.05) is 0 Å².